The van der Waals surface area contributed by atoms with Crippen molar-refractivity contribution < 1.29 is 25.8 Å². The molecule has 0 aliphatic rings. The summed E-state index contributed by atoms with van der Waals surface area (Å²) in [6.45, 7) is 18.7. The van der Waals surface area contributed by atoms with Crippen LogP contribution in [0, 0.1) is 44.6 Å². The summed E-state index contributed by atoms with van der Waals surface area (Å²) in [5.41, 5.74) is 3.03. The zero-order chi connectivity index (χ0) is 17.9. The predicted molar refractivity (Wildman–Crippen MR) is 154 cm³/mol. The molecule has 0 bridgehead atoms. The fourth-order valence-corrected chi connectivity index (χ4v) is 5.21. The monoisotopic (exact) mass is 630 g/mol. The van der Waals surface area contributed by atoms with Crippen molar-refractivity contribution in [3.05, 3.63) is 104 Å². The van der Waals surface area contributed by atoms with Crippen LogP contribution in [0.25, 0.3) is 0 Å². The van der Waals surface area contributed by atoms with Crippen molar-refractivity contribution in [1.29, 1.82) is 0 Å². The molecule has 0 saturated carbocycles. The van der Waals surface area contributed by atoms with E-state index in [9.17, 15) is 0 Å². The van der Waals surface area contributed by atoms with Gasteiger partial charge in [-0.05, 0) is 0 Å². The molecule has 0 aliphatic carbocycles. The first-order valence-electron chi connectivity index (χ1n) is 8.57. The molecule has 0 amide bonds. The molecular weight excluding hydrogens is 575 g/mol. The van der Waals surface area contributed by atoms with E-state index in [0.717, 1.165) is 9.52 Å². The number of rotatable bonds is 4. The average Bonchev–Trinajstić information content (AvgIpc) is 3.00. The van der Waals surface area contributed by atoms with Crippen LogP contribution in [0.4, 0.5) is 0 Å². The van der Waals surface area contributed by atoms with E-state index in [1.807, 2.05) is 0 Å². The van der Waals surface area contributed by atoms with Crippen molar-refractivity contribution in [3.8, 4) is 0 Å². The van der Waals surface area contributed by atoms with Crippen molar-refractivity contribution in [2.24, 2.45) is 0 Å². The first-order chi connectivity index (χ1) is 10.6. The maximum absolute atomic E-state index is 2.40. The standard InChI is InChI=1S/2C9H15Si.C2H6Si.6CH3.Hf/c2*1-10(2,3)8-9-6-4-5-7-9;1-3-2;;;;;;;/h2*4-7H,8H2,1-3H3;1-2H3;6*1H3;/q9*-1;. The minimum atomic E-state index is -0.862. The Hall–Kier alpha value is 0.221. The topological polar surface area (TPSA) is 0 Å². The minimum Gasteiger partial charge on any atom is -0.438 e. The van der Waals surface area contributed by atoms with E-state index in [2.05, 4.69) is 101 Å². The Labute approximate surface area is 219 Å². The van der Waals surface area contributed by atoms with Crippen LogP contribution in [-0.2, 0) is 37.9 Å². The molecule has 0 nitrogen and oxygen atoms in total. The van der Waals surface area contributed by atoms with Gasteiger partial charge in [0, 0.05) is 42.0 Å². The molecule has 0 N–H and O–H groups in total. The summed E-state index contributed by atoms with van der Waals surface area (Å²) >= 11 is 0. The number of hydrogen-bond donors (Lipinski definition) is 0. The summed E-state index contributed by atoms with van der Waals surface area (Å²) in [6, 6.07) is 20.0. The molecule has 4 heteroatoms. The smallest absolute Gasteiger partial charge is 0.0371 e. The summed E-state index contributed by atoms with van der Waals surface area (Å²) in [4.78, 5) is 0. The Balaban J connectivity index is -0.0000000394. The van der Waals surface area contributed by atoms with Crippen molar-refractivity contribution >= 4 is 25.7 Å². The van der Waals surface area contributed by atoms with E-state index in [1.165, 1.54) is 23.2 Å². The second-order valence-corrected chi connectivity index (χ2v) is 20.5. The molecule has 2 rings (SSSR count). The molecule has 2 aromatic rings. The third-order valence-electron chi connectivity index (χ3n) is 2.93. The van der Waals surface area contributed by atoms with Gasteiger partial charge in [-0.25, -0.2) is 37.4 Å². The molecule has 0 aromatic heterocycles. The summed E-state index contributed by atoms with van der Waals surface area (Å²) < 4.78 is 0. The number of hydrogen-bond acceptors (Lipinski definition) is 0. The molecule has 0 unspecified atom stereocenters. The second-order valence-electron chi connectivity index (χ2n) is 8.56. The molecule has 0 fully saturated rings. The molecule has 2 aromatic carbocycles. The fraction of sp³-hybridized carbons (Fsp3) is 0.385. The first kappa shape index (κ1) is 52.3. The van der Waals surface area contributed by atoms with E-state index in [1.54, 1.807) is 0 Å². The molecular formula is C26H54HfSi3-9. The first-order valence-corrected chi connectivity index (χ1v) is 18.0. The van der Waals surface area contributed by atoms with Crippen LogP contribution in [0.3, 0.4) is 0 Å². The van der Waals surface area contributed by atoms with Gasteiger partial charge in [-0.2, -0.15) is 35.4 Å². The van der Waals surface area contributed by atoms with Gasteiger partial charge in [-0.1, -0.05) is 51.4 Å². The van der Waals surface area contributed by atoms with E-state index < -0.39 is 16.1 Å². The van der Waals surface area contributed by atoms with E-state index >= 15 is 0 Å². The van der Waals surface area contributed by atoms with Crippen molar-refractivity contribution in [2.45, 2.75) is 64.5 Å². The molecule has 183 valence electrons. The normalized spacial score (nSPS) is 8.53. The van der Waals surface area contributed by atoms with Crippen LogP contribution in [-0.4, -0.2) is 25.7 Å². The van der Waals surface area contributed by atoms with Gasteiger partial charge in [0.05, 0.1) is 0 Å². The zero-order valence-corrected chi connectivity index (χ0v) is 29.6. The van der Waals surface area contributed by atoms with Crippen LogP contribution in [0.15, 0.2) is 48.5 Å². The van der Waals surface area contributed by atoms with E-state index in [0.29, 0.717) is 0 Å². The van der Waals surface area contributed by atoms with Gasteiger partial charge < -0.3 is 54.1 Å². The van der Waals surface area contributed by atoms with Crippen LogP contribution in [0.5, 0.6) is 0 Å². The van der Waals surface area contributed by atoms with Gasteiger partial charge in [0.25, 0.3) is 0 Å². The van der Waals surface area contributed by atoms with E-state index in [4.69, 9.17) is 0 Å². The maximum Gasteiger partial charge on any atom is 0.0371 e. The average molecular weight is 629 g/mol. The summed E-state index contributed by atoms with van der Waals surface area (Å²) in [7, 11) is -0.640. The van der Waals surface area contributed by atoms with Crippen LogP contribution in [0.2, 0.25) is 52.4 Å². The minimum absolute atomic E-state index is 0. The van der Waals surface area contributed by atoms with Crippen molar-refractivity contribution in [2.75, 3.05) is 0 Å². The van der Waals surface area contributed by atoms with Crippen LogP contribution < -0.4 is 0 Å². The Bertz CT molecular complexity index is 429. The van der Waals surface area contributed by atoms with Crippen molar-refractivity contribution in [3.63, 3.8) is 0 Å². The summed E-state index contributed by atoms with van der Waals surface area (Å²) in [6.07, 6.45) is 0. The summed E-state index contributed by atoms with van der Waals surface area (Å²) in [5.74, 6) is 0. The molecule has 1 radical (unpaired) electrons. The zero-order valence-electron chi connectivity index (χ0n) is 23.0. The Kier molecular flexibility index (Phi) is 47.5. The molecule has 0 spiro atoms. The third-order valence-corrected chi connectivity index (χ3v) is 5.87. The molecule has 30 heavy (non-hydrogen) atoms. The SMILES string of the molecule is C[Si-]C.C[Si](C)(C)C[c-]1cccc1.C[Si](C)(C)C[c-]1cccc1.[CH3-].[CH3-].[CH3-].[CH3-].[CH3-].[CH3-].[Hf]. The maximum atomic E-state index is 2.40. The van der Waals surface area contributed by atoms with Crippen molar-refractivity contribution in [1.82, 2.24) is 0 Å². The third kappa shape index (κ3) is 35.6. The van der Waals surface area contributed by atoms with Gasteiger partial charge in [0.1, 0.15) is 0 Å². The Morgan fingerprint density at radius 2 is 0.700 bits per heavy atom. The summed E-state index contributed by atoms with van der Waals surface area (Å²) in [5, 5.41) is 0. The predicted octanol–water partition coefficient (Wildman–Crippen LogP) is 9.14. The van der Waals surface area contributed by atoms with Gasteiger partial charge >= 0.3 is 0 Å². The van der Waals surface area contributed by atoms with Gasteiger partial charge in [-0.15, -0.1) is 0 Å². The fourth-order valence-electron chi connectivity index (χ4n) is 2.29. The van der Waals surface area contributed by atoms with Gasteiger partial charge in [0.15, 0.2) is 0 Å². The van der Waals surface area contributed by atoms with Crippen LogP contribution >= 0.6 is 0 Å². The molecule has 0 heterocycles. The Morgan fingerprint density at radius 1 is 0.533 bits per heavy atom. The van der Waals surface area contributed by atoms with E-state index in [-0.39, 0.29) is 70.4 Å². The van der Waals surface area contributed by atoms with Gasteiger partial charge in [0.2, 0.25) is 0 Å². The van der Waals surface area contributed by atoms with Crippen LogP contribution in [0.1, 0.15) is 11.1 Å². The molecule has 0 aliphatic heterocycles. The molecule has 0 saturated heterocycles. The Morgan fingerprint density at radius 3 is 0.833 bits per heavy atom. The second kappa shape index (κ2) is 27.3. The van der Waals surface area contributed by atoms with Gasteiger partial charge in [-0.3, -0.25) is 0 Å². The largest absolute Gasteiger partial charge is 0.438 e. The molecule has 0 atom stereocenters. The quantitative estimate of drug-likeness (QED) is 0.234.